The maximum atomic E-state index is 13.0. The molecule has 1 rings (SSSR count). The molecule has 1 aromatic heterocycles. The monoisotopic (exact) mass is 221 g/mol. The highest BCUT2D eigenvalue weighted by Gasteiger charge is 2.23. The van der Waals surface area contributed by atoms with E-state index in [2.05, 4.69) is 9.72 Å². The lowest BCUT2D eigenvalue weighted by Crippen LogP contribution is -2.08. The Balaban J connectivity index is 3.38. The SMILES string of the molecule is COc1nc(C(F)F)c(C(=O)O)cc1F. The Morgan fingerprint density at radius 1 is 1.60 bits per heavy atom. The van der Waals surface area contributed by atoms with Crippen LogP contribution in [0.15, 0.2) is 6.07 Å². The van der Waals surface area contributed by atoms with E-state index in [1.165, 1.54) is 0 Å². The highest BCUT2D eigenvalue weighted by Crippen LogP contribution is 2.25. The van der Waals surface area contributed by atoms with Crippen molar-refractivity contribution < 1.29 is 27.8 Å². The van der Waals surface area contributed by atoms with Crippen molar-refractivity contribution in [3.63, 3.8) is 0 Å². The first kappa shape index (κ1) is 11.3. The molecule has 0 aromatic carbocycles. The van der Waals surface area contributed by atoms with Crippen LogP contribution in [0, 0.1) is 5.82 Å². The van der Waals surface area contributed by atoms with Crippen LogP contribution >= 0.6 is 0 Å². The number of halogens is 3. The fraction of sp³-hybridized carbons (Fsp3) is 0.250. The topological polar surface area (TPSA) is 59.4 Å². The van der Waals surface area contributed by atoms with Crippen molar-refractivity contribution in [3.05, 3.63) is 23.1 Å². The van der Waals surface area contributed by atoms with E-state index in [0.29, 0.717) is 6.07 Å². The van der Waals surface area contributed by atoms with Gasteiger partial charge in [0.25, 0.3) is 12.3 Å². The summed E-state index contributed by atoms with van der Waals surface area (Å²) in [4.78, 5) is 13.6. The van der Waals surface area contributed by atoms with Crippen molar-refractivity contribution in [1.29, 1.82) is 0 Å². The zero-order chi connectivity index (χ0) is 11.6. The fourth-order valence-corrected chi connectivity index (χ4v) is 0.966. The maximum absolute atomic E-state index is 13.0. The molecular formula is C8H6F3NO3. The van der Waals surface area contributed by atoms with Gasteiger partial charge in [-0.3, -0.25) is 0 Å². The summed E-state index contributed by atoms with van der Waals surface area (Å²) < 4.78 is 42.0. The van der Waals surface area contributed by atoms with Gasteiger partial charge in [-0.05, 0) is 6.07 Å². The Kier molecular flexibility index (Phi) is 3.13. The van der Waals surface area contributed by atoms with Crippen molar-refractivity contribution in [2.75, 3.05) is 7.11 Å². The first-order chi connectivity index (χ1) is 6.97. The van der Waals surface area contributed by atoms with Crippen LogP contribution < -0.4 is 4.74 Å². The number of aromatic carboxylic acids is 1. The van der Waals surface area contributed by atoms with Gasteiger partial charge in [0.1, 0.15) is 5.69 Å². The zero-order valence-corrected chi connectivity index (χ0v) is 7.50. The Bertz CT molecular complexity index is 395. The summed E-state index contributed by atoms with van der Waals surface area (Å²) >= 11 is 0. The molecule has 1 heterocycles. The summed E-state index contributed by atoms with van der Waals surface area (Å²) in [6.45, 7) is 0. The minimum Gasteiger partial charge on any atom is -0.479 e. The molecule has 1 aromatic rings. The Morgan fingerprint density at radius 2 is 2.20 bits per heavy atom. The molecule has 0 saturated carbocycles. The number of methoxy groups -OCH3 is 1. The van der Waals surface area contributed by atoms with E-state index >= 15 is 0 Å². The molecule has 7 heteroatoms. The molecule has 0 fully saturated rings. The number of carboxylic acid groups (broad SMARTS) is 1. The lowest BCUT2D eigenvalue weighted by molar-refractivity contribution is 0.0681. The molecule has 15 heavy (non-hydrogen) atoms. The molecule has 0 aliphatic heterocycles. The molecule has 1 N–H and O–H groups in total. The van der Waals surface area contributed by atoms with Crippen LogP contribution in [0.25, 0.3) is 0 Å². The summed E-state index contributed by atoms with van der Waals surface area (Å²) in [6.07, 6.45) is -3.11. The minimum atomic E-state index is -3.11. The number of ether oxygens (including phenoxy) is 1. The van der Waals surface area contributed by atoms with E-state index in [1.54, 1.807) is 0 Å². The molecule has 0 amide bonds. The molecule has 0 bridgehead atoms. The number of nitrogens with zero attached hydrogens (tertiary/aromatic N) is 1. The smallest absolute Gasteiger partial charge is 0.337 e. The molecule has 0 spiro atoms. The molecule has 0 unspecified atom stereocenters. The standard InChI is InChI=1S/C8H6F3NO3/c1-15-7-4(9)2-3(8(13)14)5(12-7)6(10)11/h2,6H,1H3,(H,13,14). The van der Waals surface area contributed by atoms with Crippen LogP contribution in [0.1, 0.15) is 22.5 Å². The van der Waals surface area contributed by atoms with Gasteiger partial charge < -0.3 is 9.84 Å². The number of hydrogen-bond donors (Lipinski definition) is 1. The third kappa shape index (κ3) is 2.17. The number of alkyl halides is 2. The highest BCUT2D eigenvalue weighted by atomic mass is 19.3. The third-order valence-electron chi connectivity index (χ3n) is 1.60. The molecule has 0 aliphatic rings. The lowest BCUT2D eigenvalue weighted by Gasteiger charge is -2.07. The normalized spacial score (nSPS) is 10.5. The summed E-state index contributed by atoms with van der Waals surface area (Å²) in [5.41, 5.74) is -1.89. The van der Waals surface area contributed by atoms with Gasteiger partial charge in [-0.15, -0.1) is 0 Å². The van der Waals surface area contributed by atoms with Crippen LogP contribution in [0.2, 0.25) is 0 Å². The predicted octanol–water partition coefficient (Wildman–Crippen LogP) is 1.87. The second-order valence-electron chi connectivity index (χ2n) is 2.52. The van der Waals surface area contributed by atoms with Crippen LogP contribution in [0.4, 0.5) is 13.2 Å². The van der Waals surface area contributed by atoms with Gasteiger partial charge in [0.2, 0.25) is 0 Å². The number of rotatable bonds is 3. The summed E-state index contributed by atoms with van der Waals surface area (Å²) in [5.74, 6) is -3.42. The van der Waals surface area contributed by atoms with E-state index in [0.717, 1.165) is 7.11 Å². The Labute approximate surface area is 82.3 Å². The largest absolute Gasteiger partial charge is 0.479 e. The summed E-state index contributed by atoms with van der Waals surface area (Å²) in [7, 11) is 1.04. The van der Waals surface area contributed by atoms with Gasteiger partial charge in [0.15, 0.2) is 5.82 Å². The van der Waals surface area contributed by atoms with Crippen molar-refractivity contribution in [2.24, 2.45) is 0 Å². The second-order valence-corrected chi connectivity index (χ2v) is 2.52. The molecule has 82 valence electrons. The molecule has 4 nitrogen and oxygen atoms in total. The average molecular weight is 221 g/mol. The van der Waals surface area contributed by atoms with Crippen molar-refractivity contribution in [3.8, 4) is 5.88 Å². The van der Waals surface area contributed by atoms with E-state index in [9.17, 15) is 18.0 Å². The van der Waals surface area contributed by atoms with Crippen LogP contribution in [-0.4, -0.2) is 23.2 Å². The molecule has 0 radical (unpaired) electrons. The van der Waals surface area contributed by atoms with Crippen LogP contribution in [-0.2, 0) is 0 Å². The number of hydrogen-bond acceptors (Lipinski definition) is 3. The first-order valence-electron chi connectivity index (χ1n) is 3.73. The number of carboxylic acids is 1. The van der Waals surface area contributed by atoms with Gasteiger partial charge in [-0.2, -0.15) is 0 Å². The van der Waals surface area contributed by atoms with E-state index < -0.39 is 35.3 Å². The molecule has 0 saturated heterocycles. The van der Waals surface area contributed by atoms with Crippen LogP contribution in [0.5, 0.6) is 5.88 Å². The highest BCUT2D eigenvalue weighted by molar-refractivity contribution is 5.89. The van der Waals surface area contributed by atoms with Crippen molar-refractivity contribution in [2.45, 2.75) is 6.43 Å². The van der Waals surface area contributed by atoms with Gasteiger partial charge in [-0.1, -0.05) is 0 Å². The number of aromatic nitrogens is 1. The first-order valence-corrected chi connectivity index (χ1v) is 3.73. The summed E-state index contributed by atoms with van der Waals surface area (Å²) in [6, 6.07) is 0.454. The maximum Gasteiger partial charge on any atom is 0.337 e. The minimum absolute atomic E-state index is 0.454. The van der Waals surface area contributed by atoms with Crippen molar-refractivity contribution >= 4 is 5.97 Å². The van der Waals surface area contributed by atoms with E-state index in [-0.39, 0.29) is 0 Å². The molecular weight excluding hydrogens is 215 g/mol. The fourth-order valence-electron chi connectivity index (χ4n) is 0.966. The summed E-state index contributed by atoms with van der Waals surface area (Å²) in [5, 5.41) is 8.52. The van der Waals surface area contributed by atoms with E-state index in [4.69, 9.17) is 5.11 Å². The van der Waals surface area contributed by atoms with Gasteiger partial charge in [-0.25, -0.2) is 22.9 Å². The second kappa shape index (κ2) is 4.16. The number of pyridine rings is 1. The average Bonchev–Trinajstić information content (AvgIpc) is 2.16. The van der Waals surface area contributed by atoms with Gasteiger partial charge >= 0.3 is 5.97 Å². The number of carbonyl (C=O) groups is 1. The molecule has 0 aliphatic carbocycles. The zero-order valence-electron chi connectivity index (χ0n) is 7.50. The predicted molar refractivity (Wildman–Crippen MR) is 42.7 cm³/mol. The van der Waals surface area contributed by atoms with Crippen LogP contribution in [0.3, 0.4) is 0 Å². The quantitative estimate of drug-likeness (QED) is 0.846. The van der Waals surface area contributed by atoms with Gasteiger partial charge in [0, 0.05) is 0 Å². The Hall–Kier alpha value is -1.79. The van der Waals surface area contributed by atoms with Gasteiger partial charge in [0.05, 0.1) is 12.7 Å². The lowest BCUT2D eigenvalue weighted by atomic mass is 10.2. The Morgan fingerprint density at radius 3 is 2.60 bits per heavy atom. The third-order valence-corrected chi connectivity index (χ3v) is 1.60. The molecule has 0 atom stereocenters. The van der Waals surface area contributed by atoms with E-state index in [1.807, 2.05) is 0 Å². The van der Waals surface area contributed by atoms with Crippen molar-refractivity contribution in [1.82, 2.24) is 4.98 Å².